The number of rotatable bonds is 5. The van der Waals surface area contributed by atoms with Gasteiger partial charge in [0.05, 0.1) is 6.61 Å². The summed E-state index contributed by atoms with van der Waals surface area (Å²) in [5.74, 6) is 0.737. The fourth-order valence-electron chi connectivity index (χ4n) is 3.94. The van der Waals surface area contributed by atoms with Gasteiger partial charge in [0, 0.05) is 32.8 Å². The number of likely N-dealkylation sites (N-methyl/N-ethyl adjacent to an activating group) is 1. The molecule has 0 spiro atoms. The Morgan fingerprint density at radius 3 is 2.81 bits per heavy atom. The van der Waals surface area contributed by atoms with Crippen molar-refractivity contribution in [3.8, 4) is 0 Å². The average Bonchev–Trinajstić information content (AvgIpc) is 2.94. The smallest absolute Gasteiger partial charge is 0.0503 e. The van der Waals surface area contributed by atoms with Gasteiger partial charge in [0.25, 0.3) is 0 Å². The van der Waals surface area contributed by atoms with Crippen LogP contribution >= 0.6 is 0 Å². The van der Waals surface area contributed by atoms with Gasteiger partial charge < -0.3 is 9.64 Å². The van der Waals surface area contributed by atoms with E-state index in [0.717, 1.165) is 25.6 Å². The van der Waals surface area contributed by atoms with Crippen molar-refractivity contribution >= 4 is 0 Å². The SMILES string of the molecule is CCN1Cc2ccccc2CC1CN1CCC(COC)C1. The zero-order valence-electron chi connectivity index (χ0n) is 13.4. The summed E-state index contributed by atoms with van der Waals surface area (Å²) in [5, 5.41) is 0. The minimum atomic E-state index is 0.672. The lowest BCUT2D eigenvalue weighted by molar-refractivity contribution is 0.125. The first kappa shape index (κ1) is 15.0. The molecule has 21 heavy (non-hydrogen) atoms. The maximum atomic E-state index is 5.32. The number of methoxy groups -OCH3 is 1. The third-order valence-electron chi connectivity index (χ3n) is 5.11. The second-order valence-corrected chi connectivity index (χ2v) is 6.56. The average molecular weight is 288 g/mol. The van der Waals surface area contributed by atoms with E-state index >= 15 is 0 Å². The van der Waals surface area contributed by atoms with Crippen LogP contribution < -0.4 is 0 Å². The maximum absolute atomic E-state index is 5.32. The van der Waals surface area contributed by atoms with Crippen LogP contribution in [0.5, 0.6) is 0 Å². The Kier molecular flexibility index (Phi) is 4.94. The van der Waals surface area contributed by atoms with Crippen molar-refractivity contribution in [3.63, 3.8) is 0 Å². The Bertz CT molecular complexity index is 462. The van der Waals surface area contributed by atoms with E-state index in [9.17, 15) is 0 Å². The fourth-order valence-corrected chi connectivity index (χ4v) is 3.94. The molecule has 3 heteroatoms. The summed E-state index contributed by atoms with van der Waals surface area (Å²) in [6.45, 7) is 9.14. The minimum Gasteiger partial charge on any atom is -0.384 e. The van der Waals surface area contributed by atoms with Gasteiger partial charge in [-0.1, -0.05) is 31.2 Å². The Morgan fingerprint density at radius 1 is 1.24 bits per heavy atom. The van der Waals surface area contributed by atoms with Gasteiger partial charge in [-0.15, -0.1) is 0 Å². The number of fused-ring (bicyclic) bond motifs is 1. The molecule has 0 aliphatic carbocycles. The van der Waals surface area contributed by atoms with Crippen LogP contribution in [-0.4, -0.2) is 55.7 Å². The van der Waals surface area contributed by atoms with E-state index in [4.69, 9.17) is 4.74 Å². The Balaban J connectivity index is 1.62. The summed E-state index contributed by atoms with van der Waals surface area (Å²) >= 11 is 0. The number of hydrogen-bond donors (Lipinski definition) is 0. The molecule has 2 unspecified atom stereocenters. The van der Waals surface area contributed by atoms with Crippen molar-refractivity contribution in [3.05, 3.63) is 35.4 Å². The quantitative estimate of drug-likeness (QED) is 0.827. The summed E-state index contributed by atoms with van der Waals surface area (Å²) in [7, 11) is 1.82. The Morgan fingerprint density at radius 2 is 2.05 bits per heavy atom. The summed E-state index contributed by atoms with van der Waals surface area (Å²) in [4.78, 5) is 5.29. The topological polar surface area (TPSA) is 15.7 Å². The molecule has 1 fully saturated rings. The summed E-state index contributed by atoms with van der Waals surface area (Å²) in [6.07, 6.45) is 2.50. The molecule has 0 radical (unpaired) electrons. The van der Waals surface area contributed by atoms with Gasteiger partial charge in [-0.2, -0.15) is 0 Å². The van der Waals surface area contributed by atoms with E-state index in [0.29, 0.717) is 6.04 Å². The molecule has 0 amide bonds. The first-order valence-electron chi connectivity index (χ1n) is 8.32. The van der Waals surface area contributed by atoms with E-state index in [-0.39, 0.29) is 0 Å². The second kappa shape index (κ2) is 6.91. The van der Waals surface area contributed by atoms with Crippen LogP contribution in [0.4, 0.5) is 0 Å². The van der Waals surface area contributed by atoms with Crippen LogP contribution in [0, 0.1) is 5.92 Å². The molecule has 0 aromatic heterocycles. The molecule has 3 rings (SSSR count). The first-order valence-corrected chi connectivity index (χ1v) is 8.32. The van der Waals surface area contributed by atoms with Gasteiger partial charge in [-0.05, 0) is 43.0 Å². The molecular formula is C18H28N2O. The highest BCUT2D eigenvalue weighted by Crippen LogP contribution is 2.25. The first-order chi connectivity index (χ1) is 10.3. The molecule has 2 heterocycles. The highest BCUT2D eigenvalue weighted by Gasteiger charge is 2.29. The molecule has 0 bridgehead atoms. The van der Waals surface area contributed by atoms with Crippen LogP contribution in [0.15, 0.2) is 24.3 Å². The molecule has 0 N–H and O–H groups in total. The van der Waals surface area contributed by atoms with Gasteiger partial charge >= 0.3 is 0 Å². The number of benzene rings is 1. The molecule has 116 valence electrons. The van der Waals surface area contributed by atoms with Crippen LogP contribution in [0.3, 0.4) is 0 Å². The van der Waals surface area contributed by atoms with Crippen LogP contribution in [0.25, 0.3) is 0 Å². The molecule has 1 aromatic carbocycles. The minimum absolute atomic E-state index is 0.672. The molecule has 3 nitrogen and oxygen atoms in total. The van der Waals surface area contributed by atoms with Gasteiger partial charge in [-0.3, -0.25) is 4.90 Å². The molecule has 1 saturated heterocycles. The molecule has 1 aromatic rings. The zero-order valence-corrected chi connectivity index (χ0v) is 13.4. The number of likely N-dealkylation sites (tertiary alicyclic amines) is 1. The van der Waals surface area contributed by atoms with E-state index in [1.54, 1.807) is 5.56 Å². The van der Waals surface area contributed by atoms with Crippen LogP contribution in [-0.2, 0) is 17.7 Å². The van der Waals surface area contributed by atoms with Crippen molar-refractivity contribution in [1.82, 2.24) is 9.80 Å². The third-order valence-corrected chi connectivity index (χ3v) is 5.11. The summed E-state index contributed by atoms with van der Waals surface area (Å²) in [5.41, 5.74) is 3.08. The van der Waals surface area contributed by atoms with Crippen molar-refractivity contribution in [1.29, 1.82) is 0 Å². The number of nitrogens with zero attached hydrogens (tertiary/aromatic N) is 2. The van der Waals surface area contributed by atoms with E-state index in [2.05, 4.69) is 41.0 Å². The van der Waals surface area contributed by atoms with Gasteiger partial charge in [-0.25, -0.2) is 0 Å². The van der Waals surface area contributed by atoms with Crippen LogP contribution in [0.1, 0.15) is 24.5 Å². The lowest BCUT2D eigenvalue weighted by Crippen LogP contribution is -2.47. The predicted molar refractivity (Wildman–Crippen MR) is 86.4 cm³/mol. The fraction of sp³-hybridized carbons (Fsp3) is 0.667. The lowest BCUT2D eigenvalue weighted by atomic mass is 9.93. The van der Waals surface area contributed by atoms with Gasteiger partial charge in [0.2, 0.25) is 0 Å². The number of hydrogen-bond acceptors (Lipinski definition) is 3. The molecular weight excluding hydrogens is 260 g/mol. The molecule has 0 saturated carbocycles. The maximum Gasteiger partial charge on any atom is 0.0503 e. The molecule has 2 aliphatic heterocycles. The van der Waals surface area contributed by atoms with Gasteiger partial charge in [0.1, 0.15) is 0 Å². The largest absolute Gasteiger partial charge is 0.384 e. The van der Waals surface area contributed by atoms with E-state index in [1.807, 2.05) is 7.11 Å². The van der Waals surface area contributed by atoms with Crippen molar-refractivity contribution in [2.75, 3.05) is 39.9 Å². The monoisotopic (exact) mass is 288 g/mol. The second-order valence-electron chi connectivity index (χ2n) is 6.56. The number of ether oxygens (including phenoxy) is 1. The Labute approximate surface area is 128 Å². The van der Waals surface area contributed by atoms with Gasteiger partial charge in [0.15, 0.2) is 0 Å². The van der Waals surface area contributed by atoms with Crippen LogP contribution in [0.2, 0.25) is 0 Å². The highest BCUT2D eigenvalue weighted by molar-refractivity contribution is 5.30. The van der Waals surface area contributed by atoms with E-state index in [1.165, 1.54) is 38.0 Å². The van der Waals surface area contributed by atoms with E-state index < -0.39 is 0 Å². The normalized spacial score (nSPS) is 27.0. The zero-order chi connectivity index (χ0) is 14.7. The summed E-state index contributed by atoms with van der Waals surface area (Å²) in [6, 6.07) is 9.63. The predicted octanol–water partition coefficient (Wildman–Crippen LogP) is 2.40. The van der Waals surface area contributed by atoms with Crippen molar-refractivity contribution in [2.45, 2.75) is 32.4 Å². The molecule has 2 aliphatic rings. The third kappa shape index (κ3) is 3.47. The van der Waals surface area contributed by atoms with Crippen molar-refractivity contribution < 1.29 is 4.74 Å². The standard InChI is InChI=1S/C18H28N2O/c1-3-20-12-17-7-5-4-6-16(17)10-18(20)13-19-9-8-15(11-19)14-21-2/h4-7,15,18H,3,8-14H2,1-2H3. The highest BCUT2D eigenvalue weighted by atomic mass is 16.5. The summed E-state index contributed by atoms with van der Waals surface area (Å²) < 4.78 is 5.32. The Hall–Kier alpha value is -0.900. The lowest BCUT2D eigenvalue weighted by Gasteiger charge is -2.38. The molecule has 2 atom stereocenters. The van der Waals surface area contributed by atoms with Crippen molar-refractivity contribution in [2.24, 2.45) is 5.92 Å².